The molecule has 0 aliphatic rings. The highest BCUT2D eigenvalue weighted by Gasteiger charge is 2.06. The summed E-state index contributed by atoms with van der Waals surface area (Å²) in [7, 11) is 0. The molecule has 1 heterocycles. The third-order valence-corrected chi connectivity index (χ3v) is 2.55. The van der Waals surface area contributed by atoms with Crippen molar-refractivity contribution in [3.63, 3.8) is 0 Å². The SMILES string of the molecule is CCCn1c(-c2ccccc2)cc(=O)[nH]c1=O. The van der Waals surface area contributed by atoms with Crippen molar-refractivity contribution in [3.8, 4) is 11.3 Å². The van der Waals surface area contributed by atoms with Crippen molar-refractivity contribution >= 4 is 0 Å². The van der Waals surface area contributed by atoms with Crippen LogP contribution >= 0.6 is 0 Å². The molecule has 0 atom stereocenters. The maximum atomic E-state index is 11.7. The molecule has 0 bridgehead atoms. The first-order chi connectivity index (χ1) is 8.22. The Kier molecular flexibility index (Phi) is 3.23. The van der Waals surface area contributed by atoms with Crippen molar-refractivity contribution in [1.82, 2.24) is 9.55 Å². The van der Waals surface area contributed by atoms with Crippen LogP contribution in [0.1, 0.15) is 13.3 Å². The summed E-state index contributed by atoms with van der Waals surface area (Å²) >= 11 is 0. The van der Waals surface area contributed by atoms with E-state index in [1.807, 2.05) is 37.3 Å². The Hall–Kier alpha value is -2.10. The Morgan fingerprint density at radius 3 is 2.53 bits per heavy atom. The predicted octanol–water partition coefficient (Wildman–Crippen LogP) is 1.61. The molecular formula is C13H14N2O2. The lowest BCUT2D eigenvalue weighted by Crippen LogP contribution is -2.30. The molecule has 4 nitrogen and oxygen atoms in total. The van der Waals surface area contributed by atoms with E-state index in [4.69, 9.17) is 0 Å². The van der Waals surface area contributed by atoms with Gasteiger partial charge < -0.3 is 0 Å². The first kappa shape index (κ1) is 11.4. The van der Waals surface area contributed by atoms with Crippen LogP contribution in [0.5, 0.6) is 0 Å². The van der Waals surface area contributed by atoms with Gasteiger partial charge in [-0.05, 0) is 12.0 Å². The molecule has 0 radical (unpaired) electrons. The molecule has 1 aromatic heterocycles. The standard InChI is InChI=1S/C13H14N2O2/c1-2-8-15-11(9-12(16)14-13(15)17)10-6-4-3-5-7-10/h3-7,9H,2,8H2,1H3,(H,14,16,17). The molecule has 0 spiro atoms. The lowest BCUT2D eigenvalue weighted by molar-refractivity contribution is 0.639. The van der Waals surface area contributed by atoms with E-state index >= 15 is 0 Å². The lowest BCUT2D eigenvalue weighted by atomic mass is 10.1. The van der Waals surface area contributed by atoms with E-state index in [0.29, 0.717) is 12.2 Å². The van der Waals surface area contributed by atoms with Crippen molar-refractivity contribution in [1.29, 1.82) is 0 Å². The Labute approximate surface area is 98.6 Å². The molecule has 17 heavy (non-hydrogen) atoms. The number of aromatic nitrogens is 2. The van der Waals surface area contributed by atoms with Crippen LogP contribution < -0.4 is 11.2 Å². The second-order valence-corrected chi connectivity index (χ2v) is 3.84. The van der Waals surface area contributed by atoms with Crippen molar-refractivity contribution < 1.29 is 0 Å². The van der Waals surface area contributed by atoms with Gasteiger partial charge in [0.1, 0.15) is 0 Å². The van der Waals surface area contributed by atoms with E-state index in [0.717, 1.165) is 12.0 Å². The summed E-state index contributed by atoms with van der Waals surface area (Å²) < 4.78 is 1.59. The second-order valence-electron chi connectivity index (χ2n) is 3.84. The molecule has 2 aromatic rings. The molecule has 0 fully saturated rings. The highest BCUT2D eigenvalue weighted by molar-refractivity contribution is 5.58. The first-order valence-corrected chi connectivity index (χ1v) is 5.62. The van der Waals surface area contributed by atoms with E-state index in [1.54, 1.807) is 4.57 Å². The Bertz CT molecular complexity index is 611. The molecule has 2 rings (SSSR count). The fourth-order valence-corrected chi connectivity index (χ4v) is 1.81. The number of nitrogens with zero attached hydrogens (tertiary/aromatic N) is 1. The van der Waals surface area contributed by atoms with Crippen molar-refractivity contribution in [2.45, 2.75) is 19.9 Å². The summed E-state index contributed by atoms with van der Waals surface area (Å²) in [5.74, 6) is 0. The molecule has 88 valence electrons. The Morgan fingerprint density at radius 1 is 1.18 bits per heavy atom. The molecule has 0 aliphatic heterocycles. The lowest BCUT2D eigenvalue weighted by Gasteiger charge is -2.10. The number of hydrogen-bond acceptors (Lipinski definition) is 2. The van der Waals surface area contributed by atoms with Crippen molar-refractivity contribution in [2.75, 3.05) is 0 Å². The van der Waals surface area contributed by atoms with E-state index in [1.165, 1.54) is 6.07 Å². The van der Waals surface area contributed by atoms with Crippen LogP contribution in [0.4, 0.5) is 0 Å². The summed E-state index contributed by atoms with van der Waals surface area (Å²) in [5, 5.41) is 0. The van der Waals surface area contributed by atoms with Crippen LogP contribution in [0.2, 0.25) is 0 Å². The number of nitrogens with one attached hydrogen (secondary N) is 1. The molecule has 4 heteroatoms. The van der Waals surface area contributed by atoms with E-state index in [2.05, 4.69) is 4.98 Å². The number of aromatic amines is 1. The van der Waals surface area contributed by atoms with E-state index in [-0.39, 0.29) is 11.2 Å². The van der Waals surface area contributed by atoms with Gasteiger partial charge in [-0.1, -0.05) is 37.3 Å². The summed E-state index contributed by atoms with van der Waals surface area (Å²) in [6.45, 7) is 2.59. The van der Waals surface area contributed by atoms with Crippen LogP contribution in [0.25, 0.3) is 11.3 Å². The van der Waals surface area contributed by atoms with Crippen LogP contribution in [-0.4, -0.2) is 9.55 Å². The van der Waals surface area contributed by atoms with Crippen molar-refractivity contribution in [3.05, 3.63) is 57.2 Å². The zero-order valence-corrected chi connectivity index (χ0v) is 9.64. The number of H-pyrrole nitrogens is 1. The maximum absolute atomic E-state index is 11.7. The largest absolute Gasteiger partial charge is 0.328 e. The smallest absolute Gasteiger partial charge is 0.293 e. The summed E-state index contributed by atoms with van der Waals surface area (Å²) in [5.41, 5.74) is 0.838. The third-order valence-electron chi connectivity index (χ3n) is 2.55. The zero-order chi connectivity index (χ0) is 12.3. The van der Waals surface area contributed by atoms with Gasteiger partial charge >= 0.3 is 5.69 Å². The average Bonchev–Trinajstić information content (AvgIpc) is 2.33. The summed E-state index contributed by atoms with van der Waals surface area (Å²) in [6.07, 6.45) is 0.839. The van der Waals surface area contributed by atoms with E-state index in [9.17, 15) is 9.59 Å². The van der Waals surface area contributed by atoms with Crippen LogP contribution in [0.15, 0.2) is 46.0 Å². The first-order valence-electron chi connectivity index (χ1n) is 5.62. The maximum Gasteiger partial charge on any atom is 0.328 e. The minimum Gasteiger partial charge on any atom is -0.293 e. The number of hydrogen-bond donors (Lipinski definition) is 1. The molecule has 1 N–H and O–H groups in total. The normalized spacial score (nSPS) is 10.4. The van der Waals surface area contributed by atoms with Gasteiger partial charge in [-0.2, -0.15) is 0 Å². The summed E-state index contributed by atoms with van der Waals surface area (Å²) in [6, 6.07) is 10.9. The molecule has 1 aromatic carbocycles. The Balaban J connectivity index is 2.67. The zero-order valence-electron chi connectivity index (χ0n) is 9.64. The van der Waals surface area contributed by atoms with E-state index < -0.39 is 0 Å². The van der Waals surface area contributed by atoms with Gasteiger partial charge in [0.15, 0.2) is 0 Å². The average molecular weight is 230 g/mol. The third kappa shape index (κ3) is 2.36. The van der Waals surface area contributed by atoms with Gasteiger partial charge in [-0.25, -0.2) is 4.79 Å². The predicted molar refractivity (Wildman–Crippen MR) is 67.0 cm³/mol. The van der Waals surface area contributed by atoms with Gasteiger partial charge in [0.05, 0.1) is 5.69 Å². The molecule has 0 aliphatic carbocycles. The molecule has 0 unspecified atom stereocenters. The molecule has 0 amide bonds. The second kappa shape index (κ2) is 4.82. The highest BCUT2D eigenvalue weighted by Crippen LogP contribution is 2.15. The van der Waals surface area contributed by atoms with Gasteiger partial charge in [-0.15, -0.1) is 0 Å². The molecule has 0 saturated carbocycles. The van der Waals surface area contributed by atoms with Gasteiger partial charge in [0.2, 0.25) is 0 Å². The van der Waals surface area contributed by atoms with Gasteiger partial charge in [-0.3, -0.25) is 14.3 Å². The Morgan fingerprint density at radius 2 is 1.88 bits per heavy atom. The fourth-order valence-electron chi connectivity index (χ4n) is 1.81. The fraction of sp³-hybridized carbons (Fsp3) is 0.231. The number of benzene rings is 1. The minimum absolute atomic E-state index is 0.349. The van der Waals surface area contributed by atoms with Crippen LogP contribution in [-0.2, 0) is 6.54 Å². The molecular weight excluding hydrogens is 216 g/mol. The molecule has 0 saturated heterocycles. The monoisotopic (exact) mass is 230 g/mol. The topological polar surface area (TPSA) is 54.9 Å². The summed E-state index contributed by atoms with van der Waals surface area (Å²) in [4.78, 5) is 25.4. The van der Waals surface area contributed by atoms with Gasteiger partial charge in [0, 0.05) is 12.6 Å². The quantitative estimate of drug-likeness (QED) is 0.871. The van der Waals surface area contributed by atoms with Crippen LogP contribution in [0.3, 0.4) is 0 Å². The minimum atomic E-state index is -0.360. The van der Waals surface area contributed by atoms with Crippen molar-refractivity contribution in [2.24, 2.45) is 0 Å². The highest BCUT2D eigenvalue weighted by atomic mass is 16.2. The van der Waals surface area contributed by atoms with Gasteiger partial charge in [0.25, 0.3) is 5.56 Å². The van der Waals surface area contributed by atoms with Crippen LogP contribution in [0, 0.1) is 0 Å². The number of rotatable bonds is 3.